The first kappa shape index (κ1) is 11.9. The predicted octanol–water partition coefficient (Wildman–Crippen LogP) is 2.93. The number of halogens is 1. The van der Waals surface area contributed by atoms with Crippen molar-refractivity contribution in [2.45, 2.75) is 32.4 Å². The lowest BCUT2D eigenvalue weighted by molar-refractivity contribution is 0.132. The molecular formula is C14H15BrN2O. The molecule has 3 rings (SSSR count). The topological polar surface area (TPSA) is 38.0 Å². The zero-order valence-electron chi connectivity index (χ0n) is 10.2. The Kier molecular flexibility index (Phi) is 2.99. The number of fused-ring (bicyclic) bond motifs is 1. The molecule has 0 saturated heterocycles. The summed E-state index contributed by atoms with van der Waals surface area (Å²) in [7, 11) is 0. The number of benzene rings is 1. The summed E-state index contributed by atoms with van der Waals surface area (Å²) >= 11 is 3.52. The van der Waals surface area contributed by atoms with Crippen LogP contribution in [-0.2, 0) is 13.0 Å². The number of nitrogens with zero attached hydrogens (tertiary/aromatic N) is 2. The molecule has 0 aliphatic carbocycles. The molecule has 4 heteroatoms. The summed E-state index contributed by atoms with van der Waals surface area (Å²) in [6.45, 7) is 2.71. The molecule has 0 fully saturated rings. The van der Waals surface area contributed by atoms with Gasteiger partial charge in [-0.25, -0.2) is 4.98 Å². The Morgan fingerprint density at radius 1 is 1.33 bits per heavy atom. The normalized spacial score (nSPS) is 18.7. The molecule has 0 radical (unpaired) electrons. The van der Waals surface area contributed by atoms with E-state index >= 15 is 0 Å². The molecule has 1 atom stereocenters. The summed E-state index contributed by atoms with van der Waals surface area (Å²) < 4.78 is 3.04. The number of rotatable bonds is 1. The molecular weight excluding hydrogens is 292 g/mol. The number of aliphatic hydroxyl groups is 1. The van der Waals surface area contributed by atoms with Crippen LogP contribution in [0.4, 0.5) is 0 Å². The van der Waals surface area contributed by atoms with Gasteiger partial charge in [0.05, 0.1) is 18.3 Å². The van der Waals surface area contributed by atoms with E-state index in [1.54, 1.807) is 0 Å². The monoisotopic (exact) mass is 306 g/mol. The third-order valence-electron chi connectivity index (χ3n) is 3.44. The number of hydrogen-bond donors (Lipinski definition) is 1. The van der Waals surface area contributed by atoms with Gasteiger partial charge in [0.15, 0.2) is 0 Å². The van der Waals surface area contributed by atoms with E-state index in [0.717, 1.165) is 28.8 Å². The maximum absolute atomic E-state index is 9.82. The van der Waals surface area contributed by atoms with E-state index < -0.39 is 0 Å². The van der Waals surface area contributed by atoms with E-state index in [1.165, 1.54) is 11.3 Å². The Morgan fingerprint density at radius 3 is 2.78 bits per heavy atom. The number of aliphatic hydroxyl groups excluding tert-OH is 1. The van der Waals surface area contributed by atoms with Crippen molar-refractivity contribution in [2.75, 3.05) is 0 Å². The van der Waals surface area contributed by atoms with Crippen LogP contribution in [0.5, 0.6) is 0 Å². The smallest absolute Gasteiger partial charge is 0.141 e. The summed E-state index contributed by atoms with van der Waals surface area (Å²) in [5.74, 6) is 0.940. The highest BCUT2D eigenvalue weighted by atomic mass is 79.9. The fraction of sp³-hybridized carbons (Fsp3) is 0.357. The van der Waals surface area contributed by atoms with Crippen LogP contribution in [-0.4, -0.2) is 20.8 Å². The van der Waals surface area contributed by atoms with Gasteiger partial charge >= 0.3 is 0 Å². The van der Waals surface area contributed by atoms with Crippen molar-refractivity contribution >= 4 is 15.9 Å². The summed E-state index contributed by atoms with van der Waals surface area (Å²) in [6, 6.07) is 8.34. The molecule has 2 heterocycles. The van der Waals surface area contributed by atoms with Crippen LogP contribution in [0.25, 0.3) is 11.4 Å². The third-order valence-corrected chi connectivity index (χ3v) is 4.08. The summed E-state index contributed by atoms with van der Waals surface area (Å²) in [5, 5.41) is 9.82. The highest BCUT2D eigenvalue weighted by molar-refractivity contribution is 9.10. The molecule has 1 aliphatic rings. The van der Waals surface area contributed by atoms with Crippen molar-refractivity contribution in [3.63, 3.8) is 0 Å². The average Bonchev–Trinajstić information content (AvgIpc) is 2.67. The van der Waals surface area contributed by atoms with Gasteiger partial charge in [0, 0.05) is 5.56 Å². The molecule has 2 aromatic rings. The molecule has 0 amide bonds. The maximum Gasteiger partial charge on any atom is 0.141 e. The molecule has 0 saturated carbocycles. The highest BCUT2D eigenvalue weighted by Crippen LogP contribution is 2.30. The molecule has 0 spiro atoms. The average molecular weight is 307 g/mol. The van der Waals surface area contributed by atoms with Gasteiger partial charge in [-0.2, -0.15) is 0 Å². The quantitative estimate of drug-likeness (QED) is 0.879. The third kappa shape index (κ3) is 1.99. The van der Waals surface area contributed by atoms with Crippen molar-refractivity contribution in [1.29, 1.82) is 0 Å². The lowest BCUT2D eigenvalue weighted by Crippen LogP contribution is -2.24. The number of aromatic nitrogens is 2. The van der Waals surface area contributed by atoms with Crippen molar-refractivity contribution in [1.82, 2.24) is 9.55 Å². The molecule has 0 bridgehead atoms. The van der Waals surface area contributed by atoms with Gasteiger partial charge in [-0.1, -0.05) is 29.8 Å². The van der Waals surface area contributed by atoms with Crippen molar-refractivity contribution in [2.24, 2.45) is 0 Å². The first-order valence-electron chi connectivity index (χ1n) is 6.15. The molecule has 18 heavy (non-hydrogen) atoms. The van der Waals surface area contributed by atoms with Gasteiger partial charge in [0.1, 0.15) is 10.4 Å². The molecule has 3 nitrogen and oxygen atoms in total. The van der Waals surface area contributed by atoms with E-state index in [9.17, 15) is 5.11 Å². The Hall–Kier alpha value is -1.13. The maximum atomic E-state index is 9.82. The largest absolute Gasteiger partial charge is 0.391 e. The summed E-state index contributed by atoms with van der Waals surface area (Å²) in [6.07, 6.45) is 1.43. The number of hydrogen-bond acceptors (Lipinski definition) is 2. The second kappa shape index (κ2) is 4.52. The van der Waals surface area contributed by atoms with Gasteiger partial charge in [-0.05, 0) is 35.7 Å². The van der Waals surface area contributed by atoms with Crippen LogP contribution < -0.4 is 0 Å². The van der Waals surface area contributed by atoms with Crippen LogP contribution in [0.1, 0.15) is 17.7 Å². The first-order valence-corrected chi connectivity index (χ1v) is 6.94. The van der Waals surface area contributed by atoms with E-state index in [4.69, 9.17) is 0 Å². The Balaban J connectivity index is 2.10. The minimum Gasteiger partial charge on any atom is -0.391 e. The molecule has 1 aromatic heterocycles. The number of imidazole rings is 1. The summed E-state index contributed by atoms with van der Waals surface area (Å²) in [4.78, 5) is 4.60. The van der Waals surface area contributed by atoms with Gasteiger partial charge in [0.2, 0.25) is 0 Å². The van der Waals surface area contributed by atoms with Crippen molar-refractivity contribution in [3.05, 3.63) is 40.1 Å². The number of aryl methyl sites for hydroxylation is 1. The second-order valence-corrected chi connectivity index (χ2v) is 5.59. The van der Waals surface area contributed by atoms with Crippen LogP contribution in [0.15, 0.2) is 28.9 Å². The minimum atomic E-state index is -0.261. The standard InChI is InChI=1S/C14H15BrN2O/c1-9-2-4-10(5-3-9)14-16-13(15)12-7-6-11(18)8-17(12)14/h2-5,11,18H,6-8H2,1H3. The van der Waals surface area contributed by atoms with Crippen LogP contribution in [0, 0.1) is 6.92 Å². The Bertz CT molecular complexity index is 574. The van der Waals surface area contributed by atoms with E-state index in [0.29, 0.717) is 6.54 Å². The highest BCUT2D eigenvalue weighted by Gasteiger charge is 2.23. The van der Waals surface area contributed by atoms with Gasteiger partial charge in [0.25, 0.3) is 0 Å². The predicted molar refractivity (Wildman–Crippen MR) is 74.4 cm³/mol. The summed E-state index contributed by atoms with van der Waals surface area (Å²) in [5.41, 5.74) is 3.53. The SMILES string of the molecule is Cc1ccc(-c2nc(Br)c3n2CC(O)CC3)cc1. The van der Waals surface area contributed by atoms with E-state index in [2.05, 4.69) is 56.7 Å². The molecule has 1 unspecified atom stereocenters. The van der Waals surface area contributed by atoms with Crippen molar-refractivity contribution < 1.29 is 5.11 Å². The fourth-order valence-corrected chi connectivity index (χ4v) is 3.00. The van der Waals surface area contributed by atoms with Crippen LogP contribution in [0.3, 0.4) is 0 Å². The lowest BCUT2D eigenvalue weighted by Gasteiger charge is -2.21. The zero-order chi connectivity index (χ0) is 12.7. The minimum absolute atomic E-state index is 0.261. The molecule has 1 aromatic carbocycles. The van der Waals surface area contributed by atoms with E-state index in [1.807, 2.05) is 0 Å². The lowest BCUT2D eigenvalue weighted by atomic mass is 10.1. The molecule has 1 N–H and O–H groups in total. The van der Waals surface area contributed by atoms with Gasteiger partial charge in [-0.15, -0.1) is 0 Å². The van der Waals surface area contributed by atoms with Gasteiger partial charge in [-0.3, -0.25) is 0 Å². The van der Waals surface area contributed by atoms with Crippen molar-refractivity contribution in [3.8, 4) is 11.4 Å². The first-order chi connectivity index (χ1) is 8.65. The molecule has 94 valence electrons. The molecule has 1 aliphatic heterocycles. The van der Waals surface area contributed by atoms with Crippen LogP contribution >= 0.6 is 15.9 Å². The van der Waals surface area contributed by atoms with Gasteiger partial charge < -0.3 is 9.67 Å². The zero-order valence-corrected chi connectivity index (χ0v) is 11.8. The Morgan fingerprint density at radius 2 is 2.06 bits per heavy atom. The Labute approximate surface area is 115 Å². The fourth-order valence-electron chi connectivity index (χ4n) is 2.42. The van der Waals surface area contributed by atoms with E-state index in [-0.39, 0.29) is 6.10 Å². The van der Waals surface area contributed by atoms with Crippen LogP contribution in [0.2, 0.25) is 0 Å². The second-order valence-electron chi connectivity index (χ2n) is 4.84.